The maximum absolute atomic E-state index is 11.7. The fourth-order valence-electron chi connectivity index (χ4n) is 9.27. The Morgan fingerprint density at radius 2 is 1.77 bits per heavy atom. The van der Waals surface area contributed by atoms with Gasteiger partial charge in [0.15, 0.2) is 0 Å². The molecule has 4 aliphatic rings. The lowest BCUT2D eigenvalue weighted by Gasteiger charge is -2.66. The van der Waals surface area contributed by atoms with Crippen molar-refractivity contribution < 1.29 is 19.7 Å². The molecule has 0 spiro atoms. The van der Waals surface area contributed by atoms with Crippen LogP contribution in [0.3, 0.4) is 0 Å². The lowest BCUT2D eigenvalue weighted by Crippen LogP contribution is -2.62. The summed E-state index contributed by atoms with van der Waals surface area (Å²) in [5, 5.41) is 21.9. The van der Waals surface area contributed by atoms with Crippen LogP contribution in [0.4, 0.5) is 0 Å². The fourth-order valence-corrected chi connectivity index (χ4v) is 9.27. The van der Waals surface area contributed by atoms with Crippen LogP contribution in [0.25, 0.3) is 0 Å². The summed E-state index contributed by atoms with van der Waals surface area (Å²) < 4.78 is 4.87. The first-order valence-electron chi connectivity index (χ1n) is 12.5. The molecule has 172 valence electrons. The summed E-state index contributed by atoms with van der Waals surface area (Å²) in [5.74, 6) is 2.61. The SMILES string of the molecule is COC(=O)CC[C@@H](C)[C@H]1CC[C@H]2[C@@H]3[C@H](O)C[C@@]4(C)C[C@H](O)CC[C@]4(C)[C@H]3CC[C@]12C. The number of esters is 1. The number of fused-ring (bicyclic) bond motifs is 5. The van der Waals surface area contributed by atoms with Crippen molar-refractivity contribution in [2.24, 2.45) is 45.8 Å². The summed E-state index contributed by atoms with van der Waals surface area (Å²) in [6.45, 7) is 9.64. The van der Waals surface area contributed by atoms with E-state index in [0.717, 1.165) is 32.1 Å². The molecule has 0 aromatic heterocycles. The quantitative estimate of drug-likeness (QED) is 0.631. The van der Waals surface area contributed by atoms with Gasteiger partial charge in [0.2, 0.25) is 0 Å². The van der Waals surface area contributed by atoms with Crippen molar-refractivity contribution in [3.05, 3.63) is 0 Å². The first kappa shape index (κ1) is 22.6. The van der Waals surface area contributed by atoms with Gasteiger partial charge in [0.1, 0.15) is 0 Å². The largest absolute Gasteiger partial charge is 0.469 e. The maximum Gasteiger partial charge on any atom is 0.305 e. The third-order valence-corrected chi connectivity index (χ3v) is 11.1. The first-order valence-corrected chi connectivity index (χ1v) is 12.5. The van der Waals surface area contributed by atoms with Gasteiger partial charge >= 0.3 is 5.97 Å². The smallest absolute Gasteiger partial charge is 0.305 e. The number of ether oxygens (including phenoxy) is 1. The second-order valence-corrected chi connectivity index (χ2v) is 12.3. The Morgan fingerprint density at radius 3 is 2.47 bits per heavy atom. The zero-order chi connectivity index (χ0) is 21.9. The molecule has 30 heavy (non-hydrogen) atoms. The predicted molar refractivity (Wildman–Crippen MR) is 118 cm³/mol. The van der Waals surface area contributed by atoms with Crippen molar-refractivity contribution in [1.29, 1.82) is 0 Å². The van der Waals surface area contributed by atoms with E-state index in [4.69, 9.17) is 4.74 Å². The molecule has 4 aliphatic carbocycles. The van der Waals surface area contributed by atoms with Gasteiger partial charge in [-0.25, -0.2) is 0 Å². The van der Waals surface area contributed by atoms with Crippen LogP contribution >= 0.6 is 0 Å². The molecule has 0 aromatic rings. The second-order valence-electron chi connectivity index (χ2n) is 12.3. The Kier molecular flexibility index (Phi) is 5.84. The molecule has 0 radical (unpaired) electrons. The molecule has 4 fully saturated rings. The van der Waals surface area contributed by atoms with Crippen molar-refractivity contribution in [1.82, 2.24) is 0 Å². The van der Waals surface area contributed by atoms with Gasteiger partial charge in [-0.15, -0.1) is 0 Å². The molecule has 2 N–H and O–H groups in total. The Labute approximate surface area is 183 Å². The molecule has 0 aliphatic heterocycles. The summed E-state index contributed by atoms with van der Waals surface area (Å²) in [7, 11) is 1.48. The first-order chi connectivity index (χ1) is 14.1. The zero-order valence-electron chi connectivity index (χ0n) is 19.8. The van der Waals surface area contributed by atoms with Gasteiger partial charge in [0, 0.05) is 6.42 Å². The van der Waals surface area contributed by atoms with Gasteiger partial charge in [-0.05, 0) is 104 Å². The predicted octanol–water partition coefficient (Wildman–Crippen LogP) is 4.96. The van der Waals surface area contributed by atoms with E-state index in [1.54, 1.807) is 0 Å². The third-order valence-electron chi connectivity index (χ3n) is 11.1. The van der Waals surface area contributed by atoms with Crippen molar-refractivity contribution in [2.75, 3.05) is 7.11 Å². The lowest BCUT2D eigenvalue weighted by molar-refractivity contribution is -0.210. The molecule has 4 heteroatoms. The van der Waals surface area contributed by atoms with Crippen molar-refractivity contribution in [2.45, 2.75) is 104 Å². The van der Waals surface area contributed by atoms with Gasteiger partial charge in [-0.1, -0.05) is 27.7 Å². The van der Waals surface area contributed by atoms with Crippen molar-refractivity contribution >= 4 is 5.97 Å². The standard InChI is InChI=1S/C26H44O4/c1-16(6-9-22(29)30-5)18-7-8-19-23-20(11-12-25(18,19)3)26(4)13-10-17(27)14-24(26,2)15-21(23)28/h16-21,23,27-28H,6-15H2,1-5H3/t16-,17-,18-,19+,20+,21-,23+,24-,25-,26-/m1/s1. The minimum absolute atomic E-state index is 0.0464. The molecule has 0 heterocycles. The number of rotatable bonds is 4. The van der Waals surface area contributed by atoms with E-state index >= 15 is 0 Å². The highest BCUT2D eigenvalue weighted by Crippen LogP contribution is 2.71. The highest BCUT2D eigenvalue weighted by atomic mass is 16.5. The molecular weight excluding hydrogens is 376 g/mol. The molecule has 10 atom stereocenters. The molecule has 0 bridgehead atoms. The number of aliphatic hydroxyl groups excluding tert-OH is 2. The van der Waals surface area contributed by atoms with Crippen LogP contribution in [0, 0.1) is 45.8 Å². The average Bonchev–Trinajstić information content (AvgIpc) is 3.04. The minimum Gasteiger partial charge on any atom is -0.469 e. The monoisotopic (exact) mass is 420 g/mol. The van der Waals surface area contributed by atoms with Gasteiger partial charge in [0.25, 0.3) is 0 Å². The van der Waals surface area contributed by atoms with Gasteiger partial charge in [0.05, 0.1) is 19.3 Å². The highest BCUT2D eigenvalue weighted by Gasteiger charge is 2.65. The molecular formula is C26H44O4. The van der Waals surface area contributed by atoms with Crippen LogP contribution in [-0.2, 0) is 9.53 Å². The number of hydrogen-bond donors (Lipinski definition) is 2. The minimum atomic E-state index is -0.243. The zero-order valence-corrected chi connectivity index (χ0v) is 19.8. The molecule has 4 rings (SSSR count). The third kappa shape index (κ3) is 3.27. The Hall–Kier alpha value is -0.610. The van der Waals surface area contributed by atoms with Gasteiger partial charge in [-0.2, -0.15) is 0 Å². The van der Waals surface area contributed by atoms with Crippen LogP contribution in [-0.4, -0.2) is 35.5 Å². The van der Waals surface area contributed by atoms with E-state index in [-0.39, 0.29) is 34.4 Å². The van der Waals surface area contributed by atoms with Crippen LogP contribution in [0.2, 0.25) is 0 Å². The summed E-state index contributed by atoms with van der Waals surface area (Å²) in [5.41, 5.74) is 0.548. The number of carbonyl (C=O) groups excluding carboxylic acids is 1. The van der Waals surface area contributed by atoms with E-state index in [2.05, 4.69) is 27.7 Å². The second kappa shape index (κ2) is 7.76. The molecule has 0 saturated heterocycles. The Balaban J connectivity index is 1.56. The topological polar surface area (TPSA) is 66.8 Å². The maximum atomic E-state index is 11.7. The number of aliphatic hydroxyl groups is 2. The number of hydrogen-bond acceptors (Lipinski definition) is 4. The summed E-state index contributed by atoms with van der Waals surface area (Å²) >= 11 is 0. The van der Waals surface area contributed by atoms with Crippen molar-refractivity contribution in [3.63, 3.8) is 0 Å². The number of methoxy groups -OCH3 is 1. The summed E-state index contributed by atoms with van der Waals surface area (Å²) in [6.07, 6.45) is 9.58. The Morgan fingerprint density at radius 1 is 1.03 bits per heavy atom. The van der Waals surface area contributed by atoms with Crippen LogP contribution in [0.15, 0.2) is 0 Å². The molecule has 4 nitrogen and oxygen atoms in total. The normalized spacial score (nSPS) is 51.4. The highest BCUT2D eigenvalue weighted by molar-refractivity contribution is 5.69. The molecule has 0 aromatic carbocycles. The molecule has 0 unspecified atom stereocenters. The molecule has 0 amide bonds. The van der Waals surface area contributed by atoms with Gasteiger partial charge < -0.3 is 14.9 Å². The van der Waals surface area contributed by atoms with Crippen LogP contribution < -0.4 is 0 Å². The van der Waals surface area contributed by atoms with E-state index in [9.17, 15) is 15.0 Å². The van der Waals surface area contributed by atoms with Crippen LogP contribution in [0.5, 0.6) is 0 Å². The lowest BCUT2D eigenvalue weighted by atomic mass is 9.39. The molecule has 4 saturated carbocycles. The average molecular weight is 421 g/mol. The van der Waals surface area contributed by atoms with Gasteiger partial charge in [-0.3, -0.25) is 4.79 Å². The van der Waals surface area contributed by atoms with Crippen LogP contribution in [0.1, 0.15) is 91.9 Å². The number of carbonyl (C=O) groups is 1. The summed E-state index contributed by atoms with van der Waals surface area (Å²) in [6, 6.07) is 0. The summed E-state index contributed by atoms with van der Waals surface area (Å²) in [4.78, 5) is 11.7. The van der Waals surface area contributed by atoms with Crippen molar-refractivity contribution in [3.8, 4) is 0 Å². The van der Waals surface area contributed by atoms with E-state index in [0.29, 0.717) is 36.0 Å². The van der Waals surface area contributed by atoms with E-state index in [1.807, 2.05) is 0 Å². The Bertz CT molecular complexity index is 663. The van der Waals surface area contributed by atoms with E-state index in [1.165, 1.54) is 32.8 Å². The fraction of sp³-hybridized carbons (Fsp3) is 0.962. The van der Waals surface area contributed by atoms with E-state index < -0.39 is 0 Å².